The summed E-state index contributed by atoms with van der Waals surface area (Å²) in [5.74, 6) is 1.49. The topological polar surface area (TPSA) is 85.4 Å². The summed E-state index contributed by atoms with van der Waals surface area (Å²) >= 11 is 1.29. The highest BCUT2D eigenvalue weighted by molar-refractivity contribution is 7.18. The molecule has 0 spiro atoms. The molecular formula is C18H18N4O3S. The number of benzene rings is 2. The van der Waals surface area contributed by atoms with Gasteiger partial charge in [0.15, 0.2) is 0 Å². The van der Waals surface area contributed by atoms with E-state index in [0.717, 1.165) is 17.1 Å². The molecule has 134 valence electrons. The molecule has 26 heavy (non-hydrogen) atoms. The van der Waals surface area contributed by atoms with E-state index in [4.69, 9.17) is 9.47 Å². The predicted octanol–water partition coefficient (Wildman–Crippen LogP) is 4.26. The number of methoxy groups -OCH3 is 1. The first kappa shape index (κ1) is 17.7. The van der Waals surface area contributed by atoms with Crippen LogP contribution in [0.25, 0.3) is 10.6 Å². The molecule has 7 nitrogen and oxygen atoms in total. The Bertz CT molecular complexity index is 880. The van der Waals surface area contributed by atoms with Gasteiger partial charge in [-0.2, -0.15) is 0 Å². The number of aromatic nitrogens is 2. The minimum absolute atomic E-state index is 0.388. The van der Waals surface area contributed by atoms with Crippen molar-refractivity contribution in [2.24, 2.45) is 0 Å². The van der Waals surface area contributed by atoms with Crippen molar-refractivity contribution in [1.82, 2.24) is 10.2 Å². The zero-order valence-electron chi connectivity index (χ0n) is 14.4. The van der Waals surface area contributed by atoms with Crippen LogP contribution < -0.4 is 20.1 Å². The van der Waals surface area contributed by atoms with Crippen LogP contribution >= 0.6 is 11.3 Å². The third-order valence-electron chi connectivity index (χ3n) is 3.39. The van der Waals surface area contributed by atoms with Crippen LogP contribution in [0.5, 0.6) is 11.5 Å². The van der Waals surface area contributed by atoms with Crippen LogP contribution in [0.3, 0.4) is 0 Å². The first-order chi connectivity index (χ1) is 12.7. The highest BCUT2D eigenvalue weighted by Gasteiger charge is 2.10. The summed E-state index contributed by atoms with van der Waals surface area (Å²) in [6.45, 7) is 2.53. The van der Waals surface area contributed by atoms with Crippen molar-refractivity contribution < 1.29 is 14.3 Å². The maximum absolute atomic E-state index is 12.1. The molecule has 0 aliphatic carbocycles. The van der Waals surface area contributed by atoms with E-state index in [-0.39, 0.29) is 6.03 Å². The number of rotatable bonds is 6. The van der Waals surface area contributed by atoms with E-state index in [1.807, 2.05) is 31.2 Å². The molecule has 0 bridgehead atoms. The van der Waals surface area contributed by atoms with Crippen LogP contribution in [-0.2, 0) is 0 Å². The SMILES string of the molecule is CCOc1cccc(-c2nnc(NC(=O)Nc3ccc(OC)cc3)s2)c1. The lowest BCUT2D eigenvalue weighted by molar-refractivity contribution is 0.262. The summed E-state index contributed by atoms with van der Waals surface area (Å²) in [5, 5.41) is 14.7. The number of ether oxygens (including phenoxy) is 2. The van der Waals surface area contributed by atoms with Crippen LogP contribution in [0, 0.1) is 0 Å². The summed E-state index contributed by atoms with van der Waals surface area (Å²) in [5.41, 5.74) is 1.54. The maximum Gasteiger partial charge on any atom is 0.325 e. The molecule has 1 aromatic heterocycles. The molecule has 0 radical (unpaired) electrons. The van der Waals surface area contributed by atoms with Gasteiger partial charge in [0.1, 0.15) is 16.5 Å². The molecule has 0 aliphatic heterocycles. The van der Waals surface area contributed by atoms with Crippen molar-refractivity contribution in [3.8, 4) is 22.1 Å². The fraction of sp³-hybridized carbons (Fsp3) is 0.167. The standard InChI is InChI=1S/C18H18N4O3S/c1-3-25-15-6-4-5-12(11-15)16-21-22-18(26-16)20-17(23)19-13-7-9-14(24-2)10-8-13/h4-11H,3H2,1-2H3,(H2,19,20,22,23). The van der Waals surface area contributed by atoms with Gasteiger partial charge in [-0.3, -0.25) is 5.32 Å². The highest BCUT2D eigenvalue weighted by atomic mass is 32.1. The van der Waals surface area contributed by atoms with E-state index < -0.39 is 0 Å². The van der Waals surface area contributed by atoms with Gasteiger partial charge < -0.3 is 14.8 Å². The van der Waals surface area contributed by atoms with E-state index in [1.165, 1.54) is 11.3 Å². The van der Waals surface area contributed by atoms with Gasteiger partial charge in [-0.25, -0.2) is 4.79 Å². The largest absolute Gasteiger partial charge is 0.497 e. The number of nitrogens with one attached hydrogen (secondary N) is 2. The lowest BCUT2D eigenvalue weighted by Gasteiger charge is -2.06. The number of hydrogen-bond acceptors (Lipinski definition) is 6. The number of hydrogen-bond donors (Lipinski definition) is 2. The van der Waals surface area contributed by atoms with Gasteiger partial charge in [0, 0.05) is 11.3 Å². The Kier molecular flexibility index (Phi) is 5.65. The van der Waals surface area contributed by atoms with Crippen LogP contribution in [0.1, 0.15) is 6.92 Å². The van der Waals surface area contributed by atoms with E-state index >= 15 is 0 Å². The smallest absolute Gasteiger partial charge is 0.325 e. The molecule has 2 N–H and O–H groups in total. The molecule has 2 aromatic carbocycles. The third kappa shape index (κ3) is 4.48. The minimum Gasteiger partial charge on any atom is -0.497 e. The molecule has 0 saturated heterocycles. The highest BCUT2D eigenvalue weighted by Crippen LogP contribution is 2.29. The Morgan fingerprint density at radius 3 is 2.62 bits per heavy atom. The molecule has 1 heterocycles. The second kappa shape index (κ2) is 8.30. The Morgan fingerprint density at radius 1 is 1.08 bits per heavy atom. The second-order valence-electron chi connectivity index (χ2n) is 5.18. The maximum atomic E-state index is 12.1. The number of amides is 2. The average molecular weight is 370 g/mol. The Morgan fingerprint density at radius 2 is 1.88 bits per heavy atom. The number of carbonyl (C=O) groups is 1. The minimum atomic E-state index is -0.388. The molecule has 3 aromatic rings. The molecular weight excluding hydrogens is 352 g/mol. The monoisotopic (exact) mass is 370 g/mol. The van der Waals surface area contributed by atoms with Gasteiger partial charge in [0.25, 0.3) is 0 Å². The quantitative estimate of drug-likeness (QED) is 0.677. The van der Waals surface area contributed by atoms with Crippen LogP contribution in [0.2, 0.25) is 0 Å². The molecule has 0 unspecified atom stereocenters. The van der Waals surface area contributed by atoms with Crippen LogP contribution in [-0.4, -0.2) is 29.9 Å². The summed E-state index contributed by atoms with van der Waals surface area (Å²) in [6.07, 6.45) is 0. The van der Waals surface area contributed by atoms with E-state index in [2.05, 4.69) is 20.8 Å². The van der Waals surface area contributed by atoms with Gasteiger partial charge in [-0.05, 0) is 43.3 Å². The first-order valence-corrected chi connectivity index (χ1v) is 8.78. The van der Waals surface area contributed by atoms with Gasteiger partial charge >= 0.3 is 6.03 Å². The summed E-state index contributed by atoms with van der Waals surface area (Å²) < 4.78 is 10.6. The van der Waals surface area contributed by atoms with Gasteiger partial charge in [-0.1, -0.05) is 23.5 Å². The molecule has 8 heteroatoms. The molecule has 2 amide bonds. The Hall–Kier alpha value is -3.13. The molecule has 0 saturated carbocycles. The lowest BCUT2D eigenvalue weighted by Crippen LogP contribution is -2.19. The van der Waals surface area contributed by atoms with E-state index in [1.54, 1.807) is 31.4 Å². The van der Waals surface area contributed by atoms with Crippen molar-refractivity contribution in [3.63, 3.8) is 0 Å². The van der Waals surface area contributed by atoms with Crippen molar-refractivity contribution in [2.75, 3.05) is 24.4 Å². The van der Waals surface area contributed by atoms with Crippen molar-refractivity contribution >= 4 is 28.2 Å². The molecule has 0 atom stereocenters. The average Bonchev–Trinajstić information content (AvgIpc) is 3.11. The summed E-state index contributed by atoms with van der Waals surface area (Å²) in [6, 6.07) is 14.2. The number of nitrogens with zero attached hydrogens (tertiary/aromatic N) is 2. The van der Waals surface area contributed by atoms with Gasteiger partial charge in [0.2, 0.25) is 5.13 Å². The van der Waals surface area contributed by atoms with Crippen molar-refractivity contribution in [1.29, 1.82) is 0 Å². The van der Waals surface area contributed by atoms with Crippen LogP contribution in [0.15, 0.2) is 48.5 Å². The Balaban J connectivity index is 1.64. The lowest BCUT2D eigenvalue weighted by atomic mass is 10.2. The number of carbonyl (C=O) groups excluding carboxylic acids is 1. The first-order valence-electron chi connectivity index (χ1n) is 7.96. The van der Waals surface area contributed by atoms with Gasteiger partial charge in [0.05, 0.1) is 13.7 Å². The zero-order chi connectivity index (χ0) is 18.4. The zero-order valence-corrected chi connectivity index (χ0v) is 15.2. The third-order valence-corrected chi connectivity index (χ3v) is 4.27. The number of anilines is 2. The predicted molar refractivity (Wildman–Crippen MR) is 102 cm³/mol. The van der Waals surface area contributed by atoms with E-state index in [9.17, 15) is 4.79 Å². The van der Waals surface area contributed by atoms with Crippen LogP contribution in [0.4, 0.5) is 15.6 Å². The van der Waals surface area contributed by atoms with Gasteiger partial charge in [-0.15, -0.1) is 10.2 Å². The Labute approximate surface area is 155 Å². The molecule has 0 fully saturated rings. The van der Waals surface area contributed by atoms with Crippen molar-refractivity contribution in [2.45, 2.75) is 6.92 Å². The fourth-order valence-corrected chi connectivity index (χ4v) is 2.94. The number of urea groups is 1. The summed E-state index contributed by atoms with van der Waals surface area (Å²) in [7, 11) is 1.59. The summed E-state index contributed by atoms with van der Waals surface area (Å²) in [4.78, 5) is 12.1. The normalized spacial score (nSPS) is 10.2. The molecule has 0 aliphatic rings. The van der Waals surface area contributed by atoms with Crippen molar-refractivity contribution in [3.05, 3.63) is 48.5 Å². The molecule has 3 rings (SSSR count). The fourth-order valence-electron chi connectivity index (χ4n) is 2.21. The second-order valence-corrected chi connectivity index (χ2v) is 6.16. The van der Waals surface area contributed by atoms with E-state index in [0.29, 0.717) is 22.4 Å².